The lowest BCUT2D eigenvalue weighted by molar-refractivity contribution is -0.146. The molecule has 3 N–H and O–H groups in total. The molecule has 2 unspecified atom stereocenters. The molecule has 114 valence electrons. The number of aliphatic carboxylic acids is 1. The van der Waals surface area contributed by atoms with Gasteiger partial charge in [-0.05, 0) is 31.1 Å². The van der Waals surface area contributed by atoms with Crippen LogP contribution in [-0.4, -0.2) is 29.2 Å². The molecular weight excluding hydrogens is 256 g/mol. The number of hydrogen-bond donors (Lipinski definition) is 3. The molecule has 0 radical (unpaired) electrons. The molecule has 2 fully saturated rings. The van der Waals surface area contributed by atoms with E-state index in [9.17, 15) is 14.7 Å². The highest BCUT2D eigenvalue weighted by Crippen LogP contribution is 2.32. The number of carboxylic acid groups (broad SMARTS) is 1. The quantitative estimate of drug-likeness (QED) is 0.725. The van der Waals surface area contributed by atoms with Gasteiger partial charge in [-0.15, -0.1) is 0 Å². The van der Waals surface area contributed by atoms with Crippen molar-refractivity contribution in [3.8, 4) is 0 Å². The van der Waals surface area contributed by atoms with Crippen LogP contribution in [0.1, 0.15) is 58.3 Å². The van der Waals surface area contributed by atoms with E-state index >= 15 is 0 Å². The predicted octanol–water partition coefficient (Wildman–Crippen LogP) is 2.51. The van der Waals surface area contributed by atoms with E-state index in [1.165, 1.54) is 19.3 Å². The van der Waals surface area contributed by atoms with Crippen LogP contribution in [0, 0.1) is 11.8 Å². The van der Waals surface area contributed by atoms with E-state index in [-0.39, 0.29) is 6.03 Å². The topological polar surface area (TPSA) is 78.4 Å². The molecule has 2 saturated carbocycles. The van der Waals surface area contributed by atoms with Crippen LogP contribution < -0.4 is 10.6 Å². The lowest BCUT2D eigenvalue weighted by Gasteiger charge is -2.37. The minimum absolute atomic E-state index is 0.333. The summed E-state index contributed by atoms with van der Waals surface area (Å²) in [5.74, 6) is 0.187. The Balaban J connectivity index is 1.80. The van der Waals surface area contributed by atoms with Crippen molar-refractivity contribution in [2.45, 2.75) is 63.8 Å². The van der Waals surface area contributed by atoms with Crippen molar-refractivity contribution in [2.75, 3.05) is 6.54 Å². The Morgan fingerprint density at radius 3 is 2.55 bits per heavy atom. The zero-order valence-electron chi connectivity index (χ0n) is 12.3. The lowest BCUT2D eigenvalue weighted by atomic mass is 9.76. The average molecular weight is 282 g/mol. The van der Waals surface area contributed by atoms with E-state index < -0.39 is 11.5 Å². The van der Waals surface area contributed by atoms with Crippen molar-refractivity contribution >= 4 is 12.0 Å². The number of carbonyl (C=O) groups excluding carboxylic acids is 1. The largest absolute Gasteiger partial charge is 0.480 e. The predicted molar refractivity (Wildman–Crippen MR) is 76.5 cm³/mol. The Labute approximate surface area is 120 Å². The molecule has 2 atom stereocenters. The van der Waals surface area contributed by atoms with Gasteiger partial charge in [0.25, 0.3) is 0 Å². The molecule has 0 bridgehead atoms. The molecule has 2 rings (SSSR count). The smallest absolute Gasteiger partial charge is 0.329 e. The molecule has 5 nitrogen and oxygen atoms in total. The van der Waals surface area contributed by atoms with E-state index in [0.29, 0.717) is 25.3 Å². The summed E-state index contributed by atoms with van der Waals surface area (Å²) in [7, 11) is 0. The molecule has 0 aromatic rings. The second-order valence-electron chi connectivity index (χ2n) is 6.56. The Morgan fingerprint density at radius 1 is 1.25 bits per heavy atom. The van der Waals surface area contributed by atoms with E-state index in [4.69, 9.17) is 0 Å². The number of carboxylic acids is 1. The summed E-state index contributed by atoms with van der Waals surface area (Å²) in [4.78, 5) is 23.5. The summed E-state index contributed by atoms with van der Waals surface area (Å²) in [6, 6.07) is -0.333. The van der Waals surface area contributed by atoms with Gasteiger partial charge in [-0.25, -0.2) is 9.59 Å². The standard InChI is InChI=1S/C15H26N2O3/c1-11-4-3-8-15(10-11,13(18)19)17-14(20)16-9-7-12-5-2-6-12/h11-12H,2-10H2,1H3,(H,18,19)(H2,16,17,20). The highest BCUT2D eigenvalue weighted by molar-refractivity contribution is 5.86. The van der Waals surface area contributed by atoms with Gasteiger partial charge in [-0.1, -0.05) is 39.0 Å². The normalized spacial score (nSPS) is 30.4. The van der Waals surface area contributed by atoms with E-state index in [0.717, 1.165) is 25.2 Å². The first-order valence-electron chi connectivity index (χ1n) is 7.81. The third-order valence-corrected chi connectivity index (χ3v) is 4.82. The highest BCUT2D eigenvalue weighted by Gasteiger charge is 2.43. The maximum absolute atomic E-state index is 11.9. The number of rotatable bonds is 5. The molecule has 20 heavy (non-hydrogen) atoms. The zero-order valence-corrected chi connectivity index (χ0v) is 12.3. The summed E-state index contributed by atoms with van der Waals surface area (Å²) in [6.45, 7) is 2.69. The second-order valence-corrected chi connectivity index (χ2v) is 6.56. The van der Waals surface area contributed by atoms with Gasteiger partial charge in [0, 0.05) is 6.54 Å². The first-order valence-corrected chi connectivity index (χ1v) is 7.81. The Kier molecular flexibility index (Phi) is 4.89. The molecule has 0 aliphatic heterocycles. The molecule has 0 aromatic heterocycles. The van der Waals surface area contributed by atoms with Crippen LogP contribution in [-0.2, 0) is 4.79 Å². The highest BCUT2D eigenvalue weighted by atomic mass is 16.4. The summed E-state index contributed by atoms with van der Waals surface area (Å²) < 4.78 is 0. The molecule has 0 saturated heterocycles. The first kappa shape index (κ1) is 15.1. The molecule has 0 spiro atoms. The van der Waals surface area contributed by atoms with E-state index in [1.807, 2.05) is 6.92 Å². The number of carbonyl (C=O) groups is 2. The van der Waals surface area contributed by atoms with Gasteiger partial charge in [0.1, 0.15) is 5.54 Å². The van der Waals surface area contributed by atoms with Crippen LogP contribution in [0.3, 0.4) is 0 Å². The van der Waals surface area contributed by atoms with Crippen LogP contribution in [0.5, 0.6) is 0 Å². The van der Waals surface area contributed by atoms with Crippen LogP contribution >= 0.6 is 0 Å². The Hall–Kier alpha value is -1.26. The second kappa shape index (κ2) is 6.46. The summed E-state index contributed by atoms with van der Waals surface area (Å²) in [5.41, 5.74) is -1.07. The fourth-order valence-corrected chi connectivity index (χ4v) is 3.35. The van der Waals surface area contributed by atoms with E-state index in [1.54, 1.807) is 0 Å². The van der Waals surface area contributed by atoms with Gasteiger partial charge in [-0.2, -0.15) is 0 Å². The van der Waals surface area contributed by atoms with Crippen molar-refractivity contribution in [3.63, 3.8) is 0 Å². The molecule has 2 amide bonds. The Morgan fingerprint density at radius 2 is 2.00 bits per heavy atom. The molecule has 5 heteroatoms. The summed E-state index contributed by atoms with van der Waals surface area (Å²) >= 11 is 0. The maximum atomic E-state index is 11.9. The van der Waals surface area contributed by atoms with Gasteiger partial charge in [0.15, 0.2) is 0 Å². The fourth-order valence-electron chi connectivity index (χ4n) is 3.35. The third kappa shape index (κ3) is 3.64. The van der Waals surface area contributed by atoms with Crippen molar-refractivity contribution < 1.29 is 14.7 Å². The maximum Gasteiger partial charge on any atom is 0.329 e. The van der Waals surface area contributed by atoms with Crippen LogP contribution in [0.15, 0.2) is 0 Å². The average Bonchev–Trinajstić information content (AvgIpc) is 2.32. The number of hydrogen-bond acceptors (Lipinski definition) is 2. The van der Waals surface area contributed by atoms with Crippen molar-refractivity contribution in [1.82, 2.24) is 10.6 Å². The van der Waals surface area contributed by atoms with Gasteiger partial charge in [-0.3, -0.25) is 0 Å². The number of amides is 2. The third-order valence-electron chi connectivity index (χ3n) is 4.82. The zero-order chi connectivity index (χ0) is 14.6. The fraction of sp³-hybridized carbons (Fsp3) is 0.867. The minimum atomic E-state index is -1.07. The van der Waals surface area contributed by atoms with Gasteiger partial charge < -0.3 is 15.7 Å². The van der Waals surface area contributed by atoms with Crippen molar-refractivity contribution in [3.05, 3.63) is 0 Å². The summed E-state index contributed by atoms with van der Waals surface area (Å²) in [6.07, 6.45) is 7.79. The molecule has 0 aromatic carbocycles. The van der Waals surface area contributed by atoms with Crippen LogP contribution in [0.25, 0.3) is 0 Å². The number of urea groups is 1. The van der Waals surface area contributed by atoms with Gasteiger partial charge >= 0.3 is 12.0 Å². The molecule has 2 aliphatic rings. The first-order chi connectivity index (χ1) is 9.52. The van der Waals surface area contributed by atoms with Crippen LogP contribution in [0.4, 0.5) is 4.79 Å². The van der Waals surface area contributed by atoms with E-state index in [2.05, 4.69) is 10.6 Å². The van der Waals surface area contributed by atoms with Crippen molar-refractivity contribution in [2.24, 2.45) is 11.8 Å². The van der Waals surface area contributed by atoms with Gasteiger partial charge in [0.05, 0.1) is 0 Å². The summed E-state index contributed by atoms with van der Waals surface area (Å²) in [5, 5.41) is 15.0. The SMILES string of the molecule is CC1CCCC(NC(=O)NCCC2CCC2)(C(=O)O)C1. The van der Waals surface area contributed by atoms with Crippen molar-refractivity contribution in [1.29, 1.82) is 0 Å². The monoisotopic (exact) mass is 282 g/mol. The number of nitrogens with one attached hydrogen (secondary N) is 2. The Bertz CT molecular complexity index is 368. The molecule has 2 aliphatic carbocycles. The lowest BCUT2D eigenvalue weighted by Crippen LogP contribution is -2.59. The molecular formula is C15H26N2O3. The van der Waals surface area contributed by atoms with Crippen LogP contribution in [0.2, 0.25) is 0 Å². The minimum Gasteiger partial charge on any atom is -0.480 e. The van der Waals surface area contributed by atoms with Gasteiger partial charge in [0.2, 0.25) is 0 Å². The molecule has 0 heterocycles.